The van der Waals surface area contributed by atoms with Gasteiger partial charge in [0.2, 0.25) is 0 Å². The first-order chi connectivity index (χ1) is 28.2. The van der Waals surface area contributed by atoms with E-state index in [2.05, 4.69) is 11.9 Å². The fourth-order valence-corrected chi connectivity index (χ4v) is 10.5. The number of benzene rings is 2. The van der Waals surface area contributed by atoms with Gasteiger partial charge in [-0.15, -0.1) is 0 Å². The number of carbonyl (C=O) groups excluding carboxylic acids is 4. The van der Waals surface area contributed by atoms with Crippen molar-refractivity contribution in [2.24, 2.45) is 16.7 Å². The highest BCUT2D eigenvalue weighted by atomic mass is 16.7. The van der Waals surface area contributed by atoms with Gasteiger partial charge in [-0.3, -0.25) is 4.79 Å². The number of aliphatic hydroxyl groups is 2. The molecule has 2 heterocycles. The summed E-state index contributed by atoms with van der Waals surface area (Å²) >= 11 is 0. The maximum Gasteiger partial charge on any atom is 0.408 e. The van der Waals surface area contributed by atoms with Crippen LogP contribution in [0.4, 0.5) is 4.79 Å². The third-order valence-electron chi connectivity index (χ3n) is 13.4. The summed E-state index contributed by atoms with van der Waals surface area (Å²) in [7, 11) is 0. The van der Waals surface area contributed by atoms with Crippen molar-refractivity contribution in [3.8, 4) is 0 Å². The Morgan fingerprint density at radius 1 is 0.983 bits per heavy atom. The number of nitrogens with one attached hydrogen (secondary N) is 1. The van der Waals surface area contributed by atoms with E-state index in [0.717, 1.165) is 0 Å². The van der Waals surface area contributed by atoms with Gasteiger partial charge in [-0.1, -0.05) is 75.9 Å². The number of fused-ring (bicyclic) bond motifs is 8. The predicted octanol–water partition coefficient (Wildman–Crippen LogP) is 5.65. The first kappa shape index (κ1) is 43.5. The number of amides is 1. The Morgan fingerprint density at radius 2 is 1.63 bits per heavy atom. The Bertz CT molecular complexity index is 2030. The van der Waals surface area contributed by atoms with Crippen LogP contribution in [0.15, 0.2) is 84.5 Å². The van der Waals surface area contributed by atoms with Gasteiger partial charge in [0, 0.05) is 24.2 Å². The fourth-order valence-electron chi connectivity index (χ4n) is 10.5. The van der Waals surface area contributed by atoms with Crippen molar-refractivity contribution in [1.82, 2.24) is 5.32 Å². The van der Waals surface area contributed by atoms with Crippen molar-refractivity contribution in [3.05, 3.63) is 95.6 Å². The molecule has 3 aliphatic carbocycles. The summed E-state index contributed by atoms with van der Waals surface area (Å²) in [6.45, 7) is 17.7. The second-order valence-corrected chi connectivity index (χ2v) is 18.5. The van der Waals surface area contributed by atoms with Crippen molar-refractivity contribution in [3.63, 3.8) is 0 Å². The summed E-state index contributed by atoms with van der Waals surface area (Å²) in [6, 6.07) is 15.5. The van der Waals surface area contributed by atoms with Crippen molar-refractivity contribution in [2.45, 2.75) is 140 Å². The highest BCUT2D eigenvalue weighted by molar-refractivity contribution is 5.89. The highest BCUT2D eigenvalue weighted by Gasteiger charge is 2.77. The Balaban J connectivity index is 1.37. The minimum absolute atomic E-state index is 0.0333. The van der Waals surface area contributed by atoms with Gasteiger partial charge in [0.15, 0.2) is 18.0 Å². The molecule has 0 spiro atoms. The van der Waals surface area contributed by atoms with Crippen LogP contribution < -0.4 is 5.32 Å². The van der Waals surface area contributed by atoms with E-state index < -0.39 is 107 Å². The minimum atomic E-state index is -2.06. The third-order valence-corrected chi connectivity index (χ3v) is 13.4. The zero-order valence-corrected chi connectivity index (χ0v) is 35.5. The van der Waals surface area contributed by atoms with E-state index in [1.807, 2.05) is 20.8 Å². The number of alkyl carbamates (subject to hydrolysis) is 1. The molecular weight excluding hydrogens is 774 g/mol. The lowest BCUT2D eigenvalue weighted by molar-refractivity contribution is -0.345. The standard InChI is InChI=1S/C46H57NO13/c1-10-31-56-35-32-25(2)29(55-40(51)34(49)33(27-17-13-11-14-18-27)47-41(52)60-42(4,5)6)23-46(53,43(32,7)8)38(58-39(50)28-19-15-12-16-20-28)36-44(9,37(35)57-31)22-21-30-45(36,24-54-30)59-26(3)48/h10-20,29-31,33-38,49,53H,1,21-24H2,2-9H3,(H,47,52)/t29-,30+,31+,33-,34+,35+,36-,37+,38-,44+,45-,46+/m0/s1. The van der Waals surface area contributed by atoms with Crippen LogP contribution >= 0.6 is 0 Å². The molecule has 324 valence electrons. The largest absolute Gasteiger partial charge is 0.456 e. The molecular formula is C46H57NO13. The summed E-state index contributed by atoms with van der Waals surface area (Å²) < 4.78 is 44.1. The van der Waals surface area contributed by atoms with Gasteiger partial charge in [-0.05, 0) is 75.5 Å². The van der Waals surface area contributed by atoms with E-state index in [1.54, 1.807) is 88.4 Å². The maximum atomic E-state index is 14.3. The second-order valence-electron chi connectivity index (χ2n) is 18.5. The number of rotatable bonds is 9. The molecule has 5 aliphatic rings. The number of ether oxygens (including phenoxy) is 7. The smallest absolute Gasteiger partial charge is 0.408 e. The number of esters is 3. The summed E-state index contributed by atoms with van der Waals surface area (Å²) in [5.41, 5.74) is -4.84. The van der Waals surface area contributed by atoms with Gasteiger partial charge < -0.3 is 48.7 Å². The van der Waals surface area contributed by atoms with E-state index in [1.165, 1.54) is 13.0 Å². The molecule has 2 aromatic carbocycles. The van der Waals surface area contributed by atoms with Crippen LogP contribution in [-0.4, -0.2) is 101 Å². The van der Waals surface area contributed by atoms with Crippen molar-refractivity contribution >= 4 is 24.0 Å². The SMILES string of the molecule is C=C[C@@H]1O[C@@H]2C3=C(C)[C@@H](OC(=O)[C@H](O)[C@@H](NC(=O)OC(C)(C)C)c4ccccc4)C[C@@](O)([C@@H](OC(=O)c4ccccc4)[C@H]4[C@@](C)(CC[C@H]5OC[C@]54OC(C)=O)[C@@H]2O1)C3(C)C. The Hall–Kier alpha value is -4.60. The first-order valence-electron chi connectivity index (χ1n) is 20.5. The monoisotopic (exact) mass is 831 g/mol. The van der Waals surface area contributed by atoms with Crippen molar-refractivity contribution in [1.29, 1.82) is 0 Å². The van der Waals surface area contributed by atoms with Crippen LogP contribution in [0.25, 0.3) is 0 Å². The summed E-state index contributed by atoms with van der Waals surface area (Å²) in [4.78, 5) is 54.8. The van der Waals surface area contributed by atoms with Crippen LogP contribution in [0, 0.1) is 16.7 Å². The van der Waals surface area contributed by atoms with E-state index in [0.29, 0.717) is 29.6 Å². The third kappa shape index (κ3) is 7.33. The van der Waals surface area contributed by atoms with Gasteiger partial charge in [-0.25, -0.2) is 14.4 Å². The molecule has 2 saturated heterocycles. The molecule has 1 amide bonds. The van der Waals surface area contributed by atoms with E-state index in [9.17, 15) is 29.4 Å². The second kappa shape index (κ2) is 15.7. The molecule has 2 saturated carbocycles. The quantitative estimate of drug-likeness (QED) is 0.160. The molecule has 14 heteroatoms. The van der Waals surface area contributed by atoms with Crippen LogP contribution in [0.3, 0.4) is 0 Å². The van der Waals surface area contributed by atoms with Gasteiger partial charge in [-0.2, -0.15) is 0 Å². The molecule has 12 atom stereocenters. The van der Waals surface area contributed by atoms with Crippen LogP contribution in [0.2, 0.25) is 0 Å². The molecule has 2 aromatic rings. The average Bonchev–Trinajstić information content (AvgIpc) is 3.61. The molecule has 0 aromatic heterocycles. The molecule has 2 bridgehead atoms. The lowest BCUT2D eigenvalue weighted by Crippen LogP contribution is -2.79. The molecule has 0 radical (unpaired) electrons. The fraction of sp³-hybridized carbons (Fsp3) is 0.565. The van der Waals surface area contributed by atoms with Gasteiger partial charge in [0.1, 0.15) is 35.6 Å². The average molecular weight is 832 g/mol. The summed E-state index contributed by atoms with van der Waals surface area (Å²) in [5, 5.41) is 28.2. The van der Waals surface area contributed by atoms with E-state index in [-0.39, 0.29) is 18.6 Å². The first-order valence-corrected chi connectivity index (χ1v) is 20.5. The van der Waals surface area contributed by atoms with Gasteiger partial charge in [0.05, 0.1) is 30.2 Å². The number of aliphatic hydroxyl groups excluding tert-OH is 1. The molecule has 0 unspecified atom stereocenters. The van der Waals surface area contributed by atoms with Crippen LogP contribution in [0.1, 0.15) is 96.6 Å². The molecule has 60 heavy (non-hydrogen) atoms. The molecule has 7 rings (SSSR count). The minimum Gasteiger partial charge on any atom is -0.456 e. The maximum absolute atomic E-state index is 14.3. The Labute approximate surface area is 350 Å². The predicted molar refractivity (Wildman–Crippen MR) is 215 cm³/mol. The highest BCUT2D eigenvalue weighted by Crippen LogP contribution is 2.66. The van der Waals surface area contributed by atoms with Crippen molar-refractivity contribution in [2.75, 3.05) is 6.61 Å². The molecule has 14 nitrogen and oxygen atoms in total. The molecule has 2 aliphatic heterocycles. The molecule has 4 fully saturated rings. The molecule has 3 N–H and O–H groups in total. The van der Waals surface area contributed by atoms with E-state index in [4.69, 9.17) is 33.2 Å². The van der Waals surface area contributed by atoms with E-state index >= 15 is 0 Å². The number of hydrogen-bond acceptors (Lipinski definition) is 13. The summed E-state index contributed by atoms with van der Waals surface area (Å²) in [6.07, 6.45) is -6.41. The zero-order valence-electron chi connectivity index (χ0n) is 35.5. The van der Waals surface area contributed by atoms with Gasteiger partial charge >= 0.3 is 24.0 Å². The zero-order chi connectivity index (χ0) is 43.6. The van der Waals surface area contributed by atoms with Crippen LogP contribution in [-0.2, 0) is 42.7 Å². The van der Waals surface area contributed by atoms with Crippen LogP contribution in [0.5, 0.6) is 0 Å². The normalized spacial score (nSPS) is 35.0. The summed E-state index contributed by atoms with van der Waals surface area (Å²) in [5.74, 6) is -3.35. The lowest BCUT2D eigenvalue weighted by Gasteiger charge is -2.68. The Morgan fingerprint density at radius 3 is 2.22 bits per heavy atom. The Kier molecular flexibility index (Phi) is 11.4. The lowest BCUT2D eigenvalue weighted by atomic mass is 9.45. The van der Waals surface area contributed by atoms with Crippen molar-refractivity contribution < 1.29 is 62.5 Å². The van der Waals surface area contributed by atoms with Gasteiger partial charge in [0.25, 0.3) is 0 Å². The number of hydrogen-bond donors (Lipinski definition) is 3. The number of carbonyl (C=O) groups is 4. The topological polar surface area (TPSA) is 185 Å².